The summed E-state index contributed by atoms with van der Waals surface area (Å²) in [5.41, 5.74) is 5.29. The number of amides is 3. The lowest BCUT2D eigenvalue weighted by Gasteiger charge is -2.22. The number of rotatable bonds is 9. The molecule has 0 spiro atoms. The van der Waals surface area contributed by atoms with Crippen molar-refractivity contribution in [2.75, 3.05) is 6.54 Å². The van der Waals surface area contributed by atoms with Gasteiger partial charge in [0.15, 0.2) is 6.29 Å². The van der Waals surface area contributed by atoms with Gasteiger partial charge in [0.05, 0.1) is 29.5 Å². The zero-order valence-electron chi connectivity index (χ0n) is 16.6. The minimum absolute atomic E-state index is 0.149. The van der Waals surface area contributed by atoms with E-state index >= 15 is 0 Å². The molecule has 2 rings (SSSR count). The molecule has 30 heavy (non-hydrogen) atoms. The molecule has 1 aromatic carbocycles. The number of aliphatic hydroxyl groups excluding tert-OH is 1. The minimum atomic E-state index is -1.33. The molecule has 0 radical (unpaired) electrons. The molecule has 0 aliphatic carbocycles. The first-order chi connectivity index (χ1) is 14.1. The number of carbonyl (C=O) groups is 3. The average Bonchev–Trinajstić information content (AvgIpc) is 3.00. The number of benzene rings is 1. The molecule has 3 amide bonds. The van der Waals surface area contributed by atoms with Crippen LogP contribution >= 0.6 is 23.2 Å². The van der Waals surface area contributed by atoms with Crippen LogP contribution in [-0.2, 0) is 18.9 Å². The number of carbonyl (C=O) groups excluding carboxylic acids is 3. The normalized spacial score (nSPS) is 19.6. The summed E-state index contributed by atoms with van der Waals surface area (Å²) in [7, 11) is -0.964. The number of nitrogens with one attached hydrogen (secondary N) is 2. The van der Waals surface area contributed by atoms with E-state index in [0.29, 0.717) is 11.4 Å². The molecule has 1 aromatic rings. The lowest BCUT2D eigenvalue weighted by atomic mass is 9.74. The van der Waals surface area contributed by atoms with Crippen LogP contribution in [0.25, 0.3) is 0 Å². The molecule has 5 N–H and O–H groups in total. The zero-order chi connectivity index (χ0) is 22.4. The minimum Gasteiger partial charge on any atom is -0.401 e. The van der Waals surface area contributed by atoms with Crippen LogP contribution in [0.2, 0.25) is 10.0 Å². The van der Waals surface area contributed by atoms with Crippen molar-refractivity contribution in [3.05, 3.63) is 33.8 Å². The van der Waals surface area contributed by atoms with E-state index in [1.807, 2.05) is 13.8 Å². The molecule has 1 saturated heterocycles. The summed E-state index contributed by atoms with van der Waals surface area (Å²) in [6.45, 7) is 3.55. The fourth-order valence-corrected chi connectivity index (χ4v) is 3.34. The van der Waals surface area contributed by atoms with E-state index in [-0.39, 0.29) is 29.5 Å². The fourth-order valence-electron chi connectivity index (χ4n) is 2.96. The second kappa shape index (κ2) is 11.0. The summed E-state index contributed by atoms with van der Waals surface area (Å²) in [4.78, 5) is 35.7. The smallest absolute Gasteiger partial charge is 0.401 e. The van der Waals surface area contributed by atoms with Crippen molar-refractivity contribution < 1.29 is 28.8 Å². The molecule has 1 fully saturated rings. The molecule has 1 aliphatic heterocycles. The highest BCUT2D eigenvalue weighted by atomic mass is 35.5. The number of primary amides is 1. The molecule has 9 nitrogen and oxygen atoms in total. The highest BCUT2D eigenvalue weighted by Gasteiger charge is 2.45. The van der Waals surface area contributed by atoms with E-state index in [1.54, 1.807) is 6.07 Å². The highest BCUT2D eigenvalue weighted by Crippen LogP contribution is 2.22. The van der Waals surface area contributed by atoms with Gasteiger partial charge in [0.25, 0.3) is 5.91 Å². The summed E-state index contributed by atoms with van der Waals surface area (Å²) >= 11 is 11.9. The van der Waals surface area contributed by atoms with Crippen LogP contribution in [-0.4, -0.2) is 54.8 Å². The van der Waals surface area contributed by atoms with Crippen molar-refractivity contribution in [2.24, 2.45) is 11.7 Å². The van der Waals surface area contributed by atoms with Crippen LogP contribution in [0.5, 0.6) is 0 Å². The molecule has 1 unspecified atom stereocenters. The van der Waals surface area contributed by atoms with Crippen LogP contribution < -0.4 is 16.4 Å². The van der Waals surface area contributed by atoms with Gasteiger partial charge in [0, 0.05) is 5.02 Å². The molecule has 12 heteroatoms. The van der Waals surface area contributed by atoms with Gasteiger partial charge in [-0.3, -0.25) is 14.4 Å². The second-order valence-corrected chi connectivity index (χ2v) is 8.19. The molecule has 0 aromatic heterocycles. The van der Waals surface area contributed by atoms with Gasteiger partial charge < -0.3 is 30.8 Å². The molecule has 1 aliphatic rings. The third kappa shape index (κ3) is 7.14. The monoisotopic (exact) mass is 459 g/mol. The molecule has 1 heterocycles. The summed E-state index contributed by atoms with van der Waals surface area (Å²) in [5.74, 6) is -2.14. The Bertz CT molecular complexity index is 797. The maximum absolute atomic E-state index is 12.4. The van der Waals surface area contributed by atoms with Gasteiger partial charge in [-0.1, -0.05) is 37.0 Å². The Labute approximate surface area is 184 Å². The van der Waals surface area contributed by atoms with Gasteiger partial charge in [0.1, 0.15) is 6.10 Å². The number of aliphatic hydroxyl groups is 1. The van der Waals surface area contributed by atoms with Gasteiger partial charge in [0.2, 0.25) is 11.8 Å². The van der Waals surface area contributed by atoms with Crippen LogP contribution in [0.1, 0.15) is 37.0 Å². The highest BCUT2D eigenvalue weighted by molar-refractivity contribution is 6.47. The Morgan fingerprint density at radius 3 is 2.60 bits per heavy atom. The van der Waals surface area contributed by atoms with Gasteiger partial charge in [-0.2, -0.15) is 0 Å². The Balaban J connectivity index is 1.96. The Kier molecular flexibility index (Phi) is 8.93. The molecular formula is C18H24BCl2N3O6. The molecular weight excluding hydrogens is 436 g/mol. The Morgan fingerprint density at radius 2 is 1.97 bits per heavy atom. The van der Waals surface area contributed by atoms with E-state index in [4.69, 9.17) is 38.2 Å². The van der Waals surface area contributed by atoms with Crippen molar-refractivity contribution in [1.82, 2.24) is 10.6 Å². The van der Waals surface area contributed by atoms with Crippen LogP contribution in [0.3, 0.4) is 0 Å². The second-order valence-electron chi connectivity index (χ2n) is 7.35. The number of halogens is 2. The first kappa shape index (κ1) is 24.4. The molecule has 0 bridgehead atoms. The standard InChI is InChI=1S/C18H24BCl2N3O6/c1-9(2)5-14(19-29-13(7-15(22)25)18(28)30-19)24-16(26)8-23-17(27)11-6-10(20)3-4-12(11)21/h3-4,6,9,13-14,18,28H,5,7-8H2,1-2H3,(H2,22,25)(H,23,27)(H,24,26)/t13-,14+,18?/m1/s1. The molecule has 164 valence electrons. The Hall–Kier alpha value is -1.85. The predicted octanol–water partition coefficient (Wildman–Crippen LogP) is 0.891. The van der Waals surface area contributed by atoms with Gasteiger partial charge in [-0.15, -0.1) is 0 Å². The third-order valence-corrected chi connectivity index (χ3v) is 4.85. The van der Waals surface area contributed by atoms with Crippen molar-refractivity contribution in [1.29, 1.82) is 0 Å². The predicted molar refractivity (Wildman–Crippen MR) is 112 cm³/mol. The SMILES string of the molecule is CC(C)C[C@H](NC(=O)CNC(=O)c1cc(Cl)ccc1Cl)B1OC(O)[C@@H](CC(N)=O)O1. The quantitative estimate of drug-likeness (QED) is 0.404. The lowest BCUT2D eigenvalue weighted by Crippen LogP contribution is -2.51. The summed E-state index contributed by atoms with van der Waals surface area (Å²) < 4.78 is 10.9. The van der Waals surface area contributed by atoms with Crippen LogP contribution in [0.15, 0.2) is 18.2 Å². The van der Waals surface area contributed by atoms with Crippen molar-refractivity contribution in [3.63, 3.8) is 0 Å². The number of hydrogen-bond acceptors (Lipinski definition) is 6. The first-order valence-corrected chi connectivity index (χ1v) is 10.1. The largest absolute Gasteiger partial charge is 0.483 e. The van der Waals surface area contributed by atoms with Gasteiger partial charge in [-0.25, -0.2) is 0 Å². The summed E-state index contributed by atoms with van der Waals surface area (Å²) in [6.07, 6.45) is -1.99. The van der Waals surface area contributed by atoms with E-state index in [9.17, 15) is 19.5 Å². The first-order valence-electron chi connectivity index (χ1n) is 9.36. The number of hydrogen-bond donors (Lipinski definition) is 4. The van der Waals surface area contributed by atoms with Crippen molar-refractivity contribution in [3.8, 4) is 0 Å². The topological polar surface area (TPSA) is 140 Å². The summed E-state index contributed by atoms with van der Waals surface area (Å²) in [6, 6.07) is 4.44. The van der Waals surface area contributed by atoms with Crippen LogP contribution in [0, 0.1) is 5.92 Å². The fraction of sp³-hybridized carbons (Fsp3) is 0.500. The molecule has 0 saturated carbocycles. The maximum Gasteiger partial charge on any atom is 0.483 e. The van der Waals surface area contributed by atoms with Crippen molar-refractivity contribution in [2.45, 2.75) is 45.0 Å². The molecule has 3 atom stereocenters. The third-order valence-electron chi connectivity index (χ3n) is 4.29. The zero-order valence-corrected chi connectivity index (χ0v) is 18.1. The number of nitrogens with two attached hydrogens (primary N) is 1. The van der Waals surface area contributed by atoms with Gasteiger partial charge in [-0.05, 0) is 30.5 Å². The summed E-state index contributed by atoms with van der Waals surface area (Å²) in [5, 5.41) is 15.7. The Morgan fingerprint density at radius 1 is 1.27 bits per heavy atom. The van der Waals surface area contributed by atoms with E-state index in [0.717, 1.165) is 0 Å². The van der Waals surface area contributed by atoms with E-state index in [1.165, 1.54) is 12.1 Å². The maximum atomic E-state index is 12.4. The van der Waals surface area contributed by atoms with Crippen LogP contribution in [0.4, 0.5) is 0 Å². The van der Waals surface area contributed by atoms with E-state index < -0.39 is 43.2 Å². The average molecular weight is 460 g/mol. The lowest BCUT2D eigenvalue weighted by molar-refractivity contribution is -0.122. The van der Waals surface area contributed by atoms with E-state index in [2.05, 4.69) is 10.6 Å². The van der Waals surface area contributed by atoms with Gasteiger partial charge >= 0.3 is 7.12 Å². The van der Waals surface area contributed by atoms with Crippen molar-refractivity contribution >= 4 is 48.0 Å².